The number of hydrogen-bond acceptors (Lipinski definition) is 2. The molecule has 1 heterocycles. The number of benzene rings is 1. The van der Waals surface area contributed by atoms with Gasteiger partial charge in [-0.1, -0.05) is 23.7 Å². The zero-order valence-electron chi connectivity index (χ0n) is 8.72. The zero-order chi connectivity index (χ0) is 10.7. The van der Waals surface area contributed by atoms with Crippen molar-refractivity contribution in [3.63, 3.8) is 0 Å². The van der Waals surface area contributed by atoms with Gasteiger partial charge in [0, 0.05) is 11.8 Å². The van der Waals surface area contributed by atoms with Crippen molar-refractivity contribution in [3.8, 4) is 0 Å². The monoisotopic (exact) mass is 223 g/mol. The predicted octanol–water partition coefficient (Wildman–Crippen LogP) is 3.24. The number of aryl methyl sites for hydroxylation is 1. The molecule has 0 spiro atoms. The quantitative estimate of drug-likeness (QED) is 0.806. The second-order valence-corrected chi connectivity index (χ2v) is 3.99. The van der Waals surface area contributed by atoms with Gasteiger partial charge in [-0.15, -0.1) is 0 Å². The molecule has 1 aromatic heterocycles. The van der Waals surface area contributed by atoms with Gasteiger partial charge in [-0.2, -0.15) is 0 Å². The van der Waals surface area contributed by atoms with Crippen LogP contribution < -0.4 is 5.32 Å². The molecule has 0 amide bonds. The molecule has 0 radical (unpaired) electrons. The largest absolute Gasteiger partial charge is 0.460 e. The molecule has 0 saturated heterocycles. The van der Waals surface area contributed by atoms with Gasteiger partial charge in [0.1, 0.15) is 5.76 Å². The van der Waals surface area contributed by atoms with Crippen molar-refractivity contribution in [1.29, 1.82) is 0 Å². The van der Waals surface area contributed by atoms with E-state index in [1.807, 2.05) is 25.2 Å². The fourth-order valence-corrected chi connectivity index (χ4v) is 1.86. The summed E-state index contributed by atoms with van der Waals surface area (Å²) in [6.45, 7) is 1.00. The third-order valence-electron chi connectivity index (χ3n) is 2.40. The van der Waals surface area contributed by atoms with E-state index in [9.17, 15) is 0 Å². The van der Waals surface area contributed by atoms with Crippen molar-refractivity contribution in [2.24, 2.45) is 0 Å². The molecule has 0 atom stereocenters. The lowest BCUT2D eigenvalue weighted by molar-refractivity contribution is 0.534. The number of rotatable bonds is 4. The molecule has 1 N–H and O–H groups in total. The normalized spacial score (nSPS) is 11.1. The highest BCUT2D eigenvalue weighted by Gasteiger charge is 2.05. The topological polar surface area (TPSA) is 25.2 Å². The van der Waals surface area contributed by atoms with E-state index in [4.69, 9.17) is 16.0 Å². The number of nitrogens with one attached hydrogen (secondary N) is 1. The minimum atomic E-state index is 0.687. The van der Waals surface area contributed by atoms with Crippen LogP contribution in [0.4, 0.5) is 0 Å². The lowest BCUT2D eigenvalue weighted by Gasteiger charge is -1.95. The molecule has 2 rings (SSSR count). The summed E-state index contributed by atoms with van der Waals surface area (Å²) in [4.78, 5) is 0. The highest BCUT2D eigenvalue weighted by Crippen LogP contribution is 2.26. The summed E-state index contributed by atoms with van der Waals surface area (Å²) in [5.41, 5.74) is 0.804. The molecule has 2 nitrogen and oxygen atoms in total. The Morgan fingerprint density at radius 1 is 1.40 bits per heavy atom. The van der Waals surface area contributed by atoms with E-state index < -0.39 is 0 Å². The van der Waals surface area contributed by atoms with Gasteiger partial charge in [-0.25, -0.2) is 0 Å². The van der Waals surface area contributed by atoms with Crippen LogP contribution in [0.3, 0.4) is 0 Å². The molecular formula is C12H14ClNO. The molecule has 0 unspecified atom stereocenters. The number of hydrogen-bond donors (Lipinski definition) is 1. The van der Waals surface area contributed by atoms with Gasteiger partial charge < -0.3 is 9.73 Å². The minimum absolute atomic E-state index is 0.687. The second-order valence-electron chi connectivity index (χ2n) is 3.58. The van der Waals surface area contributed by atoms with E-state index in [-0.39, 0.29) is 0 Å². The Bertz CT molecular complexity index is 450. The molecule has 0 aliphatic rings. The lowest BCUT2D eigenvalue weighted by Crippen LogP contribution is -2.07. The van der Waals surface area contributed by atoms with Crippen molar-refractivity contribution in [2.45, 2.75) is 12.8 Å². The van der Waals surface area contributed by atoms with Crippen LogP contribution in [0.5, 0.6) is 0 Å². The summed E-state index contributed by atoms with van der Waals surface area (Å²) in [7, 11) is 1.95. The van der Waals surface area contributed by atoms with Gasteiger partial charge in [0.25, 0.3) is 0 Å². The van der Waals surface area contributed by atoms with Crippen LogP contribution in [0.15, 0.2) is 28.7 Å². The second kappa shape index (κ2) is 4.69. The standard InChI is InChI=1S/C12H14ClNO/c1-14-7-3-5-10-8-9-4-2-6-11(13)12(9)15-10/h2,4,6,8,14H,3,5,7H2,1H3. The molecule has 0 fully saturated rings. The highest BCUT2D eigenvalue weighted by atomic mass is 35.5. The zero-order valence-corrected chi connectivity index (χ0v) is 9.47. The van der Waals surface area contributed by atoms with E-state index in [1.54, 1.807) is 0 Å². The van der Waals surface area contributed by atoms with E-state index in [1.165, 1.54) is 0 Å². The van der Waals surface area contributed by atoms with Gasteiger partial charge in [0.05, 0.1) is 5.02 Å². The number of para-hydroxylation sites is 1. The number of halogens is 1. The van der Waals surface area contributed by atoms with Crippen molar-refractivity contribution < 1.29 is 4.42 Å². The van der Waals surface area contributed by atoms with Gasteiger partial charge in [0.15, 0.2) is 5.58 Å². The first-order chi connectivity index (χ1) is 7.31. The molecule has 0 aliphatic heterocycles. The molecule has 0 saturated carbocycles. The van der Waals surface area contributed by atoms with Crippen LogP contribution in [0, 0.1) is 0 Å². The molecule has 3 heteroatoms. The molecule has 80 valence electrons. The van der Waals surface area contributed by atoms with Crippen LogP contribution in [-0.2, 0) is 6.42 Å². The van der Waals surface area contributed by atoms with E-state index in [0.717, 1.165) is 36.1 Å². The van der Waals surface area contributed by atoms with E-state index in [0.29, 0.717) is 5.02 Å². The molecule has 0 aliphatic carbocycles. The summed E-state index contributed by atoms with van der Waals surface area (Å²) in [6.07, 6.45) is 2.03. The average Bonchev–Trinajstić information content (AvgIpc) is 2.63. The Labute approximate surface area is 94.2 Å². The number of furan rings is 1. The Balaban J connectivity index is 2.20. The maximum Gasteiger partial charge on any atom is 0.152 e. The van der Waals surface area contributed by atoms with Crippen LogP contribution in [0.1, 0.15) is 12.2 Å². The first-order valence-electron chi connectivity index (χ1n) is 5.13. The smallest absolute Gasteiger partial charge is 0.152 e. The number of fused-ring (bicyclic) bond motifs is 1. The lowest BCUT2D eigenvalue weighted by atomic mass is 10.2. The van der Waals surface area contributed by atoms with Crippen molar-refractivity contribution >= 4 is 22.6 Å². The van der Waals surface area contributed by atoms with Crippen molar-refractivity contribution in [3.05, 3.63) is 35.0 Å². The molecule has 2 aromatic rings. The summed E-state index contributed by atoms with van der Waals surface area (Å²) >= 11 is 6.03. The summed E-state index contributed by atoms with van der Waals surface area (Å²) < 4.78 is 5.69. The third-order valence-corrected chi connectivity index (χ3v) is 2.69. The Morgan fingerprint density at radius 3 is 3.00 bits per heavy atom. The van der Waals surface area contributed by atoms with Crippen LogP contribution in [0.2, 0.25) is 5.02 Å². The summed E-state index contributed by atoms with van der Waals surface area (Å²) in [5.74, 6) is 1.01. The molecular weight excluding hydrogens is 210 g/mol. The Hall–Kier alpha value is -0.990. The van der Waals surface area contributed by atoms with Gasteiger partial charge in [-0.3, -0.25) is 0 Å². The predicted molar refractivity (Wildman–Crippen MR) is 63.5 cm³/mol. The van der Waals surface area contributed by atoms with Gasteiger partial charge >= 0.3 is 0 Å². The van der Waals surface area contributed by atoms with Crippen LogP contribution in [0.25, 0.3) is 11.0 Å². The first-order valence-corrected chi connectivity index (χ1v) is 5.50. The van der Waals surface area contributed by atoms with Gasteiger partial charge in [0.2, 0.25) is 0 Å². The Kier molecular flexibility index (Phi) is 3.29. The third kappa shape index (κ3) is 2.33. The minimum Gasteiger partial charge on any atom is -0.460 e. The first kappa shape index (κ1) is 10.5. The van der Waals surface area contributed by atoms with Gasteiger partial charge in [-0.05, 0) is 32.1 Å². The SMILES string of the molecule is CNCCCc1cc2cccc(Cl)c2o1. The fraction of sp³-hybridized carbons (Fsp3) is 0.333. The summed E-state index contributed by atoms with van der Waals surface area (Å²) in [5, 5.41) is 4.89. The highest BCUT2D eigenvalue weighted by molar-refractivity contribution is 6.34. The summed E-state index contributed by atoms with van der Waals surface area (Å²) in [6, 6.07) is 7.88. The Morgan fingerprint density at radius 2 is 2.27 bits per heavy atom. The van der Waals surface area contributed by atoms with Crippen LogP contribution >= 0.6 is 11.6 Å². The van der Waals surface area contributed by atoms with Crippen molar-refractivity contribution in [2.75, 3.05) is 13.6 Å². The van der Waals surface area contributed by atoms with E-state index in [2.05, 4.69) is 11.4 Å². The van der Waals surface area contributed by atoms with E-state index >= 15 is 0 Å². The maximum atomic E-state index is 6.03. The van der Waals surface area contributed by atoms with Crippen molar-refractivity contribution in [1.82, 2.24) is 5.32 Å². The van der Waals surface area contributed by atoms with Crippen LogP contribution in [-0.4, -0.2) is 13.6 Å². The molecule has 1 aromatic carbocycles. The fourth-order valence-electron chi connectivity index (χ4n) is 1.64. The average molecular weight is 224 g/mol. The molecule has 15 heavy (non-hydrogen) atoms. The maximum absolute atomic E-state index is 6.03. The molecule has 0 bridgehead atoms.